The second kappa shape index (κ2) is 7.04. The number of rotatable bonds is 6. The minimum Gasteiger partial charge on any atom is -0.456 e. The minimum atomic E-state index is -1.18. The summed E-state index contributed by atoms with van der Waals surface area (Å²) in [6, 6.07) is 3.99. The van der Waals surface area contributed by atoms with Crippen molar-refractivity contribution in [1.29, 1.82) is 0 Å². The summed E-state index contributed by atoms with van der Waals surface area (Å²) >= 11 is 3.10. The molecule has 1 unspecified atom stereocenters. The van der Waals surface area contributed by atoms with Gasteiger partial charge in [-0.1, -0.05) is 22.0 Å². The maximum Gasteiger partial charge on any atom is 0.332 e. The van der Waals surface area contributed by atoms with Gasteiger partial charge in [0, 0.05) is 10.9 Å². The van der Waals surface area contributed by atoms with Crippen molar-refractivity contribution < 1.29 is 23.5 Å². The average molecular weight is 384 g/mol. The molecular formula is C16H15BrFNO4. The molecule has 7 heteroatoms. The van der Waals surface area contributed by atoms with Gasteiger partial charge in [-0.15, -0.1) is 6.58 Å². The Labute approximate surface area is 141 Å². The van der Waals surface area contributed by atoms with E-state index in [1.807, 2.05) is 0 Å². The van der Waals surface area contributed by atoms with Crippen molar-refractivity contribution in [2.24, 2.45) is 0 Å². The Balaban J connectivity index is 2.04. The standard InChI is InChI=1S/C16H15BrFNO4/c1-2-6-16(7-5-14(21)19-16)15(22)23-9-13(20)11-4-3-10(17)8-12(11)18/h2-4,8H,1,5-7,9H2,(H,19,21). The quantitative estimate of drug-likeness (QED) is 0.465. The van der Waals surface area contributed by atoms with Crippen LogP contribution in [0.15, 0.2) is 35.3 Å². The van der Waals surface area contributed by atoms with Crippen molar-refractivity contribution in [3.05, 3.63) is 46.7 Å². The number of esters is 1. The fraction of sp³-hybridized carbons (Fsp3) is 0.312. The van der Waals surface area contributed by atoms with Crippen molar-refractivity contribution in [2.75, 3.05) is 6.61 Å². The second-order valence-corrected chi connectivity index (χ2v) is 6.16. The summed E-state index contributed by atoms with van der Waals surface area (Å²) in [6.07, 6.45) is 2.19. The first-order valence-electron chi connectivity index (χ1n) is 6.95. The van der Waals surface area contributed by atoms with E-state index in [0.717, 1.165) is 6.07 Å². The Hall–Kier alpha value is -2.02. The number of ether oxygens (including phenoxy) is 1. The smallest absolute Gasteiger partial charge is 0.332 e. The van der Waals surface area contributed by atoms with Crippen molar-refractivity contribution in [1.82, 2.24) is 5.32 Å². The van der Waals surface area contributed by atoms with Crippen LogP contribution in [-0.2, 0) is 14.3 Å². The fourth-order valence-corrected chi connectivity index (χ4v) is 2.75. The lowest BCUT2D eigenvalue weighted by Crippen LogP contribution is -2.49. The van der Waals surface area contributed by atoms with Crippen molar-refractivity contribution >= 4 is 33.6 Å². The maximum absolute atomic E-state index is 13.7. The highest BCUT2D eigenvalue weighted by atomic mass is 79.9. The van der Waals surface area contributed by atoms with Gasteiger partial charge in [-0.25, -0.2) is 9.18 Å². The molecule has 1 aliphatic rings. The van der Waals surface area contributed by atoms with E-state index >= 15 is 0 Å². The molecule has 1 fully saturated rings. The normalized spacial score (nSPS) is 20.0. The lowest BCUT2D eigenvalue weighted by Gasteiger charge is -2.25. The van der Waals surface area contributed by atoms with Gasteiger partial charge < -0.3 is 10.1 Å². The van der Waals surface area contributed by atoms with E-state index in [9.17, 15) is 18.8 Å². The van der Waals surface area contributed by atoms with Crippen LogP contribution < -0.4 is 5.32 Å². The summed E-state index contributed by atoms with van der Waals surface area (Å²) in [4.78, 5) is 35.6. The molecule has 1 saturated heterocycles. The van der Waals surface area contributed by atoms with Crippen LogP contribution in [0, 0.1) is 5.82 Å². The summed E-state index contributed by atoms with van der Waals surface area (Å²) in [6.45, 7) is 2.97. The Morgan fingerprint density at radius 3 is 2.78 bits per heavy atom. The average Bonchev–Trinajstić information content (AvgIpc) is 2.87. The largest absolute Gasteiger partial charge is 0.456 e. The molecule has 0 saturated carbocycles. The van der Waals surface area contributed by atoms with Gasteiger partial charge in [-0.3, -0.25) is 9.59 Å². The number of hydrogen-bond donors (Lipinski definition) is 1. The molecule has 122 valence electrons. The predicted molar refractivity (Wildman–Crippen MR) is 84.3 cm³/mol. The third-order valence-electron chi connectivity index (χ3n) is 3.61. The van der Waals surface area contributed by atoms with Gasteiger partial charge in [0.05, 0.1) is 5.56 Å². The number of nitrogens with one attached hydrogen (secondary N) is 1. The fourth-order valence-electron chi connectivity index (χ4n) is 2.42. The summed E-state index contributed by atoms with van der Waals surface area (Å²) in [7, 11) is 0. The first-order chi connectivity index (χ1) is 10.9. The van der Waals surface area contributed by atoms with Crippen LogP contribution in [0.1, 0.15) is 29.6 Å². The van der Waals surface area contributed by atoms with E-state index < -0.39 is 29.7 Å². The van der Waals surface area contributed by atoms with Gasteiger partial charge in [0.2, 0.25) is 11.7 Å². The summed E-state index contributed by atoms with van der Waals surface area (Å²) in [5.74, 6) is -2.32. The van der Waals surface area contributed by atoms with Gasteiger partial charge >= 0.3 is 5.97 Å². The van der Waals surface area contributed by atoms with Gasteiger partial charge in [0.15, 0.2) is 6.61 Å². The Kier molecular flexibility index (Phi) is 5.30. The van der Waals surface area contributed by atoms with Crippen LogP contribution in [0.3, 0.4) is 0 Å². The first-order valence-corrected chi connectivity index (χ1v) is 7.74. The van der Waals surface area contributed by atoms with Crippen molar-refractivity contribution in [3.63, 3.8) is 0 Å². The number of hydrogen-bond acceptors (Lipinski definition) is 4. The molecule has 23 heavy (non-hydrogen) atoms. The molecule has 0 spiro atoms. The molecule has 1 aliphatic heterocycles. The van der Waals surface area contributed by atoms with Crippen LogP contribution in [0.4, 0.5) is 4.39 Å². The Morgan fingerprint density at radius 1 is 1.48 bits per heavy atom. The summed E-state index contributed by atoms with van der Waals surface area (Å²) < 4.78 is 19.2. The molecule has 1 aromatic carbocycles. The van der Waals surface area contributed by atoms with Crippen molar-refractivity contribution in [2.45, 2.75) is 24.8 Å². The van der Waals surface area contributed by atoms with Crippen LogP contribution in [-0.4, -0.2) is 29.8 Å². The number of amides is 1. The SMILES string of the molecule is C=CCC1(C(=O)OCC(=O)c2ccc(Br)cc2F)CCC(=O)N1. The molecule has 0 bridgehead atoms. The molecule has 1 heterocycles. The van der Waals surface area contributed by atoms with E-state index in [0.29, 0.717) is 4.47 Å². The minimum absolute atomic E-state index is 0.158. The van der Waals surface area contributed by atoms with Gasteiger partial charge in [0.1, 0.15) is 11.4 Å². The zero-order valence-corrected chi connectivity index (χ0v) is 13.8. The number of Topliss-reactive ketones (excluding diaryl/α,β-unsaturated/α-hetero) is 1. The number of benzene rings is 1. The molecular weight excluding hydrogens is 369 g/mol. The van der Waals surface area contributed by atoms with E-state index in [2.05, 4.69) is 27.8 Å². The second-order valence-electron chi connectivity index (χ2n) is 5.25. The highest BCUT2D eigenvalue weighted by Gasteiger charge is 2.45. The third-order valence-corrected chi connectivity index (χ3v) is 4.10. The molecule has 2 rings (SSSR count). The maximum atomic E-state index is 13.7. The van der Waals surface area contributed by atoms with E-state index in [4.69, 9.17) is 4.74 Å². The van der Waals surface area contributed by atoms with Crippen LogP contribution in [0.2, 0.25) is 0 Å². The molecule has 5 nitrogen and oxygen atoms in total. The number of ketones is 1. The molecule has 1 amide bonds. The molecule has 0 aromatic heterocycles. The topological polar surface area (TPSA) is 72.5 Å². The molecule has 1 aromatic rings. The van der Waals surface area contributed by atoms with Crippen LogP contribution in [0.5, 0.6) is 0 Å². The molecule has 0 radical (unpaired) electrons. The highest BCUT2D eigenvalue weighted by Crippen LogP contribution is 2.26. The van der Waals surface area contributed by atoms with Crippen LogP contribution in [0.25, 0.3) is 0 Å². The number of halogens is 2. The summed E-state index contributed by atoms with van der Waals surface area (Å²) in [5.41, 5.74) is -1.34. The van der Waals surface area contributed by atoms with E-state index in [1.54, 1.807) is 0 Å². The summed E-state index contributed by atoms with van der Waals surface area (Å²) in [5, 5.41) is 2.57. The number of carbonyl (C=O) groups excluding carboxylic acids is 3. The number of carbonyl (C=O) groups is 3. The Morgan fingerprint density at radius 2 is 2.22 bits per heavy atom. The van der Waals surface area contributed by atoms with Gasteiger partial charge in [0.25, 0.3) is 0 Å². The monoisotopic (exact) mass is 383 g/mol. The van der Waals surface area contributed by atoms with E-state index in [-0.39, 0.29) is 30.7 Å². The predicted octanol–water partition coefficient (Wildman–Crippen LogP) is 2.54. The van der Waals surface area contributed by atoms with E-state index in [1.165, 1.54) is 18.2 Å². The lowest BCUT2D eigenvalue weighted by molar-refractivity contribution is -0.150. The van der Waals surface area contributed by atoms with Gasteiger partial charge in [-0.2, -0.15) is 0 Å². The molecule has 1 N–H and O–H groups in total. The lowest BCUT2D eigenvalue weighted by atomic mass is 9.93. The molecule has 0 aliphatic carbocycles. The third kappa shape index (κ3) is 3.85. The Bertz CT molecular complexity index is 676. The van der Waals surface area contributed by atoms with Crippen molar-refractivity contribution in [3.8, 4) is 0 Å². The zero-order chi connectivity index (χ0) is 17.0. The van der Waals surface area contributed by atoms with Gasteiger partial charge in [-0.05, 0) is 31.0 Å². The zero-order valence-electron chi connectivity index (χ0n) is 12.2. The first kappa shape index (κ1) is 17.3. The highest BCUT2D eigenvalue weighted by molar-refractivity contribution is 9.10. The molecule has 1 atom stereocenters. The van der Waals surface area contributed by atoms with Crippen LogP contribution >= 0.6 is 15.9 Å².